The number of fused-ring (bicyclic) bond motifs is 1. The Balaban J connectivity index is 1.91. The van der Waals surface area contributed by atoms with Crippen molar-refractivity contribution in [3.8, 4) is 0 Å². The van der Waals surface area contributed by atoms with Crippen molar-refractivity contribution in [3.05, 3.63) is 11.3 Å². The highest BCUT2D eigenvalue weighted by Gasteiger charge is 2.36. The zero-order chi connectivity index (χ0) is 14.3. The molecule has 1 aromatic heterocycles. The van der Waals surface area contributed by atoms with Crippen LogP contribution in [0.1, 0.15) is 31.0 Å². The summed E-state index contributed by atoms with van der Waals surface area (Å²) < 4.78 is 2.06. The highest BCUT2D eigenvalue weighted by molar-refractivity contribution is 5.52. The van der Waals surface area contributed by atoms with E-state index in [0.717, 1.165) is 24.7 Å². The molecule has 20 heavy (non-hydrogen) atoms. The van der Waals surface area contributed by atoms with Crippen LogP contribution in [0.3, 0.4) is 0 Å². The lowest BCUT2D eigenvalue weighted by Gasteiger charge is -2.43. The van der Waals surface area contributed by atoms with Crippen LogP contribution in [-0.2, 0) is 13.5 Å². The van der Waals surface area contributed by atoms with Crippen LogP contribution in [0.15, 0.2) is 0 Å². The number of hydrogen-bond acceptors (Lipinski definition) is 4. The maximum atomic E-state index is 5.79. The van der Waals surface area contributed by atoms with E-state index >= 15 is 0 Å². The lowest BCUT2D eigenvalue weighted by atomic mass is 10.1. The second-order valence-corrected chi connectivity index (χ2v) is 6.34. The van der Waals surface area contributed by atoms with Gasteiger partial charge in [-0.3, -0.25) is 9.58 Å². The number of rotatable bonds is 3. The van der Waals surface area contributed by atoms with Gasteiger partial charge < -0.3 is 10.6 Å². The summed E-state index contributed by atoms with van der Waals surface area (Å²) in [5.41, 5.74) is 8.27. The third-order valence-electron chi connectivity index (χ3n) is 4.92. The van der Waals surface area contributed by atoms with E-state index in [1.54, 1.807) is 0 Å². The van der Waals surface area contributed by atoms with Gasteiger partial charge in [0.2, 0.25) is 0 Å². The molecule has 2 saturated heterocycles. The van der Waals surface area contributed by atoms with Crippen molar-refractivity contribution in [3.63, 3.8) is 0 Å². The molecule has 0 aromatic carbocycles. The smallest absolute Gasteiger partial charge is 0.130 e. The molecule has 2 fully saturated rings. The minimum absolute atomic E-state index is 0.552. The summed E-state index contributed by atoms with van der Waals surface area (Å²) in [6.45, 7) is 8.73. The number of piperazine rings is 1. The summed E-state index contributed by atoms with van der Waals surface area (Å²) in [6, 6.07) is 1.28. The molecular weight excluding hydrogens is 250 g/mol. The van der Waals surface area contributed by atoms with Crippen molar-refractivity contribution >= 4 is 5.82 Å². The summed E-state index contributed by atoms with van der Waals surface area (Å²) in [6.07, 6.45) is 3.62. The van der Waals surface area contributed by atoms with Crippen LogP contribution in [0.25, 0.3) is 0 Å². The van der Waals surface area contributed by atoms with E-state index < -0.39 is 0 Å². The van der Waals surface area contributed by atoms with E-state index in [0.29, 0.717) is 12.6 Å². The largest absolute Gasteiger partial charge is 0.351 e. The first-order valence-corrected chi connectivity index (χ1v) is 7.85. The first kappa shape index (κ1) is 13.9. The van der Waals surface area contributed by atoms with Crippen LogP contribution < -0.4 is 10.6 Å². The van der Waals surface area contributed by atoms with Crippen LogP contribution in [0, 0.1) is 6.92 Å². The number of aromatic nitrogens is 2. The van der Waals surface area contributed by atoms with Crippen LogP contribution >= 0.6 is 0 Å². The van der Waals surface area contributed by atoms with Crippen molar-refractivity contribution in [1.29, 1.82) is 0 Å². The van der Waals surface area contributed by atoms with Crippen molar-refractivity contribution < 1.29 is 0 Å². The predicted molar refractivity (Wildman–Crippen MR) is 82.1 cm³/mol. The molecule has 5 nitrogen and oxygen atoms in total. The van der Waals surface area contributed by atoms with E-state index in [4.69, 9.17) is 5.73 Å². The molecule has 0 spiro atoms. The molecule has 0 aliphatic carbocycles. The minimum atomic E-state index is 0.552. The van der Waals surface area contributed by atoms with Gasteiger partial charge in [0.15, 0.2) is 0 Å². The topological polar surface area (TPSA) is 50.3 Å². The maximum Gasteiger partial charge on any atom is 0.130 e. The van der Waals surface area contributed by atoms with Gasteiger partial charge in [0.25, 0.3) is 0 Å². The lowest BCUT2D eigenvalue weighted by Crippen LogP contribution is -2.55. The Bertz CT molecular complexity index is 481. The van der Waals surface area contributed by atoms with E-state index in [-0.39, 0.29) is 0 Å². The predicted octanol–water partition coefficient (Wildman–Crippen LogP) is 0.903. The highest BCUT2D eigenvalue weighted by atomic mass is 15.4. The fourth-order valence-electron chi connectivity index (χ4n) is 3.97. The Kier molecular flexibility index (Phi) is 3.73. The molecule has 5 heteroatoms. The van der Waals surface area contributed by atoms with Gasteiger partial charge in [-0.15, -0.1) is 0 Å². The highest BCUT2D eigenvalue weighted by Crippen LogP contribution is 2.31. The maximum absolute atomic E-state index is 5.79. The molecule has 0 radical (unpaired) electrons. The molecule has 2 unspecified atom stereocenters. The number of aryl methyl sites for hydroxylation is 2. The van der Waals surface area contributed by atoms with Gasteiger partial charge >= 0.3 is 0 Å². The van der Waals surface area contributed by atoms with E-state index in [1.165, 1.54) is 37.3 Å². The number of anilines is 1. The Morgan fingerprint density at radius 1 is 1.35 bits per heavy atom. The summed E-state index contributed by atoms with van der Waals surface area (Å²) >= 11 is 0. The van der Waals surface area contributed by atoms with Gasteiger partial charge in [-0.1, -0.05) is 0 Å². The van der Waals surface area contributed by atoms with Gasteiger partial charge in [0, 0.05) is 37.8 Å². The molecule has 2 N–H and O–H groups in total. The van der Waals surface area contributed by atoms with E-state index in [9.17, 15) is 0 Å². The van der Waals surface area contributed by atoms with Crippen molar-refractivity contribution in [2.24, 2.45) is 12.8 Å². The third-order valence-corrected chi connectivity index (χ3v) is 4.92. The number of hydrogen-bond donors (Lipinski definition) is 1. The van der Waals surface area contributed by atoms with Crippen molar-refractivity contribution in [2.45, 2.75) is 45.2 Å². The van der Waals surface area contributed by atoms with Crippen molar-refractivity contribution in [2.75, 3.05) is 31.1 Å². The second-order valence-electron chi connectivity index (χ2n) is 6.34. The summed E-state index contributed by atoms with van der Waals surface area (Å²) in [4.78, 5) is 5.23. The fraction of sp³-hybridized carbons (Fsp3) is 0.800. The van der Waals surface area contributed by atoms with Crippen LogP contribution in [-0.4, -0.2) is 52.9 Å². The van der Waals surface area contributed by atoms with Crippen LogP contribution in [0.5, 0.6) is 0 Å². The fourth-order valence-corrected chi connectivity index (χ4v) is 3.97. The molecule has 0 bridgehead atoms. The molecule has 112 valence electrons. The van der Waals surface area contributed by atoms with E-state index in [1.807, 2.05) is 0 Å². The molecule has 2 aliphatic rings. The Morgan fingerprint density at radius 2 is 2.15 bits per heavy atom. The lowest BCUT2D eigenvalue weighted by molar-refractivity contribution is 0.201. The molecular formula is C15H27N5. The normalized spacial score (nSPS) is 27.1. The molecule has 0 amide bonds. The van der Waals surface area contributed by atoms with Gasteiger partial charge in [-0.2, -0.15) is 5.10 Å². The zero-order valence-electron chi connectivity index (χ0n) is 13.0. The Labute approximate surface area is 121 Å². The second kappa shape index (κ2) is 5.37. The zero-order valence-corrected chi connectivity index (χ0v) is 13.0. The Hall–Kier alpha value is -1.07. The van der Waals surface area contributed by atoms with Gasteiger partial charge in [0.1, 0.15) is 5.82 Å². The van der Waals surface area contributed by atoms with Crippen LogP contribution in [0.2, 0.25) is 0 Å². The minimum Gasteiger partial charge on any atom is -0.351 e. The first-order chi connectivity index (χ1) is 9.61. The molecule has 2 aliphatic heterocycles. The average molecular weight is 277 g/mol. The average Bonchev–Trinajstić information content (AvgIpc) is 2.94. The first-order valence-electron chi connectivity index (χ1n) is 7.85. The van der Waals surface area contributed by atoms with E-state index in [2.05, 4.69) is 40.5 Å². The van der Waals surface area contributed by atoms with Crippen molar-refractivity contribution in [1.82, 2.24) is 14.7 Å². The monoisotopic (exact) mass is 277 g/mol. The summed E-state index contributed by atoms with van der Waals surface area (Å²) in [7, 11) is 2.07. The summed E-state index contributed by atoms with van der Waals surface area (Å²) in [5.74, 6) is 1.30. The summed E-state index contributed by atoms with van der Waals surface area (Å²) in [5, 5.41) is 4.63. The van der Waals surface area contributed by atoms with Gasteiger partial charge in [-0.05, 0) is 46.2 Å². The number of nitrogens with two attached hydrogens (primary N) is 1. The van der Waals surface area contributed by atoms with Crippen LogP contribution in [0.4, 0.5) is 5.82 Å². The molecule has 0 saturated carbocycles. The molecule has 2 atom stereocenters. The molecule has 3 heterocycles. The third kappa shape index (κ3) is 2.23. The van der Waals surface area contributed by atoms with Gasteiger partial charge in [0.05, 0.1) is 5.69 Å². The SMILES string of the molecule is Cc1nn(C)c(N2CC3CCCN3CC2C)c1CCN. The van der Waals surface area contributed by atoms with Gasteiger partial charge in [-0.25, -0.2) is 0 Å². The molecule has 1 aromatic rings. The standard InChI is InChI=1S/C15H27N5/c1-11-9-19-8-4-5-13(19)10-20(11)15-14(6-7-16)12(2)17-18(15)3/h11,13H,4-10,16H2,1-3H3. The Morgan fingerprint density at radius 3 is 2.90 bits per heavy atom. The quantitative estimate of drug-likeness (QED) is 0.892. The number of nitrogens with zero attached hydrogens (tertiary/aromatic N) is 4. The molecule has 3 rings (SSSR count).